The molecule has 2 aromatic carbocycles. The van der Waals surface area contributed by atoms with Crippen molar-refractivity contribution < 1.29 is 9.90 Å². The Balaban J connectivity index is 1.79. The normalized spacial score (nSPS) is 10.6. The molecule has 0 saturated heterocycles. The van der Waals surface area contributed by atoms with Crippen molar-refractivity contribution in [1.29, 1.82) is 0 Å². The lowest BCUT2D eigenvalue weighted by Crippen LogP contribution is -2.26. The molecule has 0 aliphatic rings. The average molecular weight is 370 g/mol. The summed E-state index contributed by atoms with van der Waals surface area (Å²) in [6.07, 6.45) is 0. The molecule has 23 heavy (non-hydrogen) atoms. The minimum Gasteiger partial charge on any atom is -0.507 e. The highest BCUT2D eigenvalue weighted by molar-refractivity contribution is 7.98. The summed E-state index contributed by atoms with van der Waals surface area (Å²) in [5, 5.41) is 13.4. The summed E-state index contributed by atoms with van der Waals surface area (Å²) in [6.45, 7) is 2.37. The van der Waals surface area contributed by atoms with Crippen molar-refractivity contribution in [2.75, 3.05) is 12.3 Å². The van der Waals surface area contributed by atoms with E-state index in [1.165, 1.54) is 0 Å². The van der Waals surface area contributed by atoms with E-state index in [4.69, 9.17) is 23.2 Å². The van der Waals surface area contributed by atoms with Crippen LogP contribution in [0.3, 0.4) is 0 Å². The molecule has 1 amide bonds. The molecule has 122 valence electrons. The number of carbonyl (C=O) groups is 1. The van der Waals surface area contributed by atoms with Crippen LogP contribution >= 0.6 is 35.0 Å². The van der Waals surface area contributed by atoms with Crippen LogP contribution < -0.4 is 5.32 Å². The van der Waals surface area contributed by atoms with Gasteiger partial charge in [0.1, 0.15) is 5.75 Å². The molecule has 0 aliphatic heterocycles. The summed E-state index contributed by atoms with van der Waals surface area (Å²) in [4.78, 5) is 12.1. The number of nitrogens with one attached hydrogen (secondary N) is 1. The molecule has 0 bridgehead atoms. The Morgan fingerprint density at radius 2 is 1.83 bits per heavy atom. The molecule has 2 N–H and O–H groups in total. The summed E-state index contributed by atoms with van der Waals surface area (Å²) in [6, 6.07) is 10.7. The van der Waals surface area contributed by atoms with Crippen LogP contribution in [-0.4, -0.2) is 23.3 Å². The van der Waals surface area contributed by atoms with Gasteiger partial charge in [0, 0.05) is 23.6 Å². The van der Waals surface area contributed by atoms with Gasteiger partial charge in [-0.1, -0.05) is 47.5 Å². The molecule has 0 fully saturated rings. The lowest BCUT2D eigenvalue weighted by molar-refractivity contribution is 0.0956. The van der Waals surface area contributed by atoms with Crippen molar-refractivity contribution in [3.05, 3.63) is 63.1 Å². The maximum Gasteiger partial charge on any atom is 0.254 e. The number of phenols is 1. The van der Waals surface area contributed by atoms with Crippen molar-refractivity contribution in [2.24, 2.45) is 0 Å². The van der Waals surface area contributed by atoms with Gasteiger partial charge in [-0.05, 0) is 24.6 Å². The Bertz CT molecular complexity index is 687. The van der Waals surface area contributed by atoms with Gasteiger partial charge >= 0.3 is 0 Å². The molecule has 0 aliphatic carbocycles. The number of phenolic OH excluding ortho intramolecular Hbond substituents is 1. The summed E-state index contributed by atoms with van der Waals surface area (Å²) in [7, 11) is 0. The van der Waals surface area contributed by atoms with E-state index in [1.807, 2.05) is 25.1 Å². The fourth-order valence-corrected chi connectivity index (χ4v) is 3.47. The summed E-state index contributed by atoms with van der Waals surface area (Å²) in [5.74, 6) is 1.48. The summed E-state index contributed by atoms with van der Waals surface area (Å²) >= 11 is 13.6. The molecule has 3 nitrogen and oxygen atoms in total. The molecule has 0 aromatic heterocycles. The number of amides is 1. The Morgan fingerprint density at radius 3 is 2.52 bits per heavy atom. The first kappa shape index (κ1) is 18.0. The summed E-state index contributed by atoms with van der Waals surface area (Å²) in [5.41, 5.74) is 2.07. The number of aryl methyl sites for hydroxylation is 1. The third-order valence-corrected chi connectivity index (χ3v) is 4.94. The first-order valence-corrected chi connectivity index (χ1v) is 8.99. The molecule has 2 aromatic rings. The molecule has 0 spiro atoms. The maximum atomic E-state index is 12.1. The van der Waals surface area contributed by atoms with Gasteiger partial charge in [-0.15, -0.1) is 0 Å². The number of benzene rings is 2. The monoisotopic (exact) mass is 369 g/mol. The van der Waals surface area contributed by atoms with Gasteiger partial charge in [-0.25, -0.2) is 0 Å². The third-order valence-electron chi connectivity index (χ3n) is 3.30. The maximum absolute atomic E-state index is 12.1. The van der Waals surface area contributed by atoms with Crippen LogP contribution in [0.4, 0.5) is 0 Å². The Hall–Kier alpha value is -1.36. The molecular formula is C17H17Cl2NO2S. The average Bonchev–Trinajstić information content (AvgIpc) is 2.51. The van der Waals surface area contributed by atoms with Gasteiger partial charge < -0.3 is 10.4 Å². The van der Waals surface area contributed by atoms with E-state index in [0.29, 0.717) is 33.7 Å². The van der Waals surface area contributed by atoms with Crippen LogP contribution in [0, 0.1) is 6.92 Å². The number of hydrogen-bond acceptors (Lipinski definition) is 3. The second-order valence-corrected chi connectivity index (χ2v) is 6.91. The third kappa shape index (κ3) is 4.80. The van der Waals surface area contributed by atoms with Crippen LogP contribution in [0.1, 0.15) is 21.5 Å². The molecule has 0 unspecified atom stereocenters. The quantitative estimate of drug-likeness (QED) is 0.727. The molecule has 0 saturated carbocycles. The minimum atomic E-state index is -0.278. The fourth-order valence-electron chi connectivity index (χ4n) is 2.06. The Labute approximate surface area is 150 Å². The highest BCUT2D eigenvalue weighted by Gasteiger charge is 2.13. The van der Waals surface area contributed by atoms with Crippen LogP contribution in [0.2, 0.25) is 10.0 Å². The van der Waals surface area contributed by atoms with Crippen LogP contribution in [0.15, 0.2) is 36.4 Å². The molecular weight excluding hydrogens is 353 g/mol. The summed E-state index contributed by atoms with van der Waals surface area (Å²) < 4.78 is 0. The molecule has 0 heterocycles. The molecule has 6 heteroatoms. The number of thioether (sulfide) groups is 1. The van der Waals surface area contributed by atoms with Crippen LogP contribution in [0.5, 0.6) is 5.75 Å². The fraction of sp³-hybridized carbons (Fsp3) is 0.235. The molecule has 0 radical (unpaired) electrons. The highest BCUT2D eigenvalue weighted by atomic mass is 35.5. The standard InChI is InChI=1S/C17H17Cl2NO2S/c1-11-4-2-5-12(16(11)21)10-23-9-8-20-17(22)15-13(18)6-3-7-14(15)19/h2-7,21H,8-10H2,1H3,(H,20,22). The highest BCUT2D eigenvalue weighted by Crippen LogP contribution is 2.26. The van der Waals surface area contributed by atoms with Crippen molar-refractivity contribution in [1.82, 2.24) is 5.32 Å². The van der Waals surface area contributed by atoms with Crippen molar-refractivity contribution in [3.63, 3.8) is 0 Å². The van der Waals surface area contributed by atoms with Crippen molar-refractivity contribution in [2.45, 2.75) is 12.7 Å². The van der Waals surface area contributed by atoms with Gasteiger partial charge in [0.2, 0.25) is 0 Å². The smallest absolute Gasteiger partial charge is 0.254 e. The van der Waals surface area contributed by atoms with E-state index >= 15 is 0 Å². The molecule has 0 atom stereocenters. The lowest BCUT2D eigenvalue weighted by Gasteiger charge is -2.09. The number of carbonyl (C=O) groups excluding carboxylic acids is 1. The Kier molecular flexibility index (Phi) is 6.63. The van der Waals surface area contributed by atoms with Gasteiger partial charge in [-0.2, -0.15) is 11.8 Å². The molecule has 2 rings (SSSR count). The number of halogens is 2. The SMILES string of the molecule is Cc1cccc(CSCCNC(=O)c2c(Cl)cccc2Cl)c1O. The van der Waals surface area contributed by atoms with Gasteiger partial charge in [0.15, 0.2) is 0 Å². The van der Waals surface area contributed by atoms with Crippen LogP contribution in [0.25, 0.3) is 0 Å². The van der Waals surface area contributed by atoms with Gasteiger partial charge in [-0.3, -0.25) is 4.79 Å². The van der Waals surface area contributed by atoms with E-state index in [2.05, 4.69) is 5.32 Å². The minimum absolute atomic E-state index is 0.278. The topological polar surface area (TPSA) is 49.3 Å². The van der Waals surface area contributed by atoms with E-state index < -0.39 is 0 Å². The second-order valence-electron chi connectivity index (χ2n) is 4.99. The van der Waals surface area contributed by atoms with Gasteiger partial charge in [0.05, 0.1) is 15.6 Å². The van der Waals surface area contributed by atoms with Gasteiger partial charge in [0.25, 0.3) is 5.91 Å². The number of aromatic hydroxyl groups is 1. The zero-order valence-corrected chi connectivity index (χ0v) is 14.9. The first-order chi connectivity index (χ1) is 11.0. The van der Waals surface area contributed by atoms with Crippen molar-refractivity contribution in [3.8, 4) is 5.75 Å². The van der Waals surface area contributed by atoms with E-state index in [-0.39, 0.29) is 5.91 Å². The van der Waals surface area contributed by atoms with Crippen LogP contribution in [-0.2, 0) is 5.75 Å². The largest absolute Gasteiger partial charge is 0.507 e. The number of rotatable bonds is 6. The predicted octanol–water partition coefficient (Wildman–Crippen LogP) is 4.67. The zero-order valence-electron chi connectivity index (χ0n) is 12.6. The number of hydrogen-bond donors (Lipinski definition) is 2. The second kappa shape index (κ2) is 8.48. The lowest BCUT2D eigenvalue weighted by atomic mass is 10.1. The zero-order chi connectivity index (χ0) is 16.8. The number of para-hydroxylation sites is 1. The first-order valence-electron chi connectivity index (χ1n) is 7.08. The van der Waals surface area contributed by atoms with Crippen molar-refractivity contribution >= 4 is 40.9 Å². The predicted molar refractivity (Wildman–Crippen MR) is 97.8 cm³/mol. The van der Waals surface area contributed by atoms with E-state index in [0.717, 1.165) is 16.9 Å². The Morgan fingerprint density at radius 1 is 1.17 bits per heavy atom. The van der Waals surface area contributed by atoms with E-state index in [1.54, 1.807) is 30.0 Å². The van der Waals surface area contributed by atoms with E-state index in [9.17, 15) is 9.90 Å².